The van der Waals surface area contributed by atoms with Gasteiger partial charge in [0.1, 0.15) is 5.69 Å². The average molecular weight is 608 g/mol. The number of nitrogens with zero attached hydrogens (tertiary/aromatic N) is 4. The van der Waals surface area contributed by atoms with Crippen molar-refractivity contribution in [3.8, 4) is 17.0 Å². The molecule has 0 aliphatic heterocycles. The fourth-order valence-corrected chi connectivity index (χ4v) is 4.28. The fraction of sp³-hybridized carbons (Fsp3) is 0.280. The molecular weight excluding hydrogens is 583 g/mol. The maximum absolute atomic E-state index is 13.4. The van der Waals surface area contributed by atoms with E-state index in [0.717, 1.165) is 6.20 Å². The minimum absolute atomic E-state index is 0.0138. The maximum atomic E-state index is 13.4. The topological polar surface area (TPSA) is 181 Å². The molecule has 6 N–H and O–H groups in total. The van der Waals surface area contributed by atoms with E-state index in [0.29, 0.717) is 32.4 Å². The van der Waals surface area contributed by atoms with Crippen LogP contribution in [0.25, 0.3) is 16.9 Å². The fourth-order valence-electron chi connectivity index (χ4n) is 3.99. The largest absolute Gasteiger partial charge is 0.433 e. The number of carbonyl (C=O) groups excluding carboxylic acids is 3. The zero-order chi connectivity index (χ0) is 30.3. The number of nitrogens with two attached hydrogens (primary N) is 1. The van der Waals surface area contributed by atoms with Crippen molar-refractivity contribution in [1.82, 2.24) is 35.2 Å². The molecule has 1 aromatic carbocycles. The second-order valence-corrected chi connectivity index (χ2v) is 9.14. The van der Waals surface area contributed by atoms with Gasteiger partial charge in [-0.3, -0.25) is 23.9 Å². The molecule has 2 amide bonds. The summed E-state index contributed by atoms with van der Waals surface area (Å²) in [6.07, 6.45) is 1.72. The third-order valence-electron chi connectivity index (χ3n) is 5.96. The van der Waals surface area contributed by atoms with Gasteiger partial charge in [0.15, 0.2) is 17.2 Å². The van der Waals surface area contributed by atoms with E-state index >= 15 is 0 Å². The van der Waals surface area contributed by atoms with E-state index in [1.165, 1.54) is 35.1 Å². The van der Waals surface area contributed by atoms with Crippen molar-refractivity contribution in [2.24, 2.45) is 5.73 Å². The first-order valence-corrected chi connectivity index (χ1v) is 12.9. The predicted molar refractivity (Wildman–Crippen MR) is 145 cm³/mol. The number of halogens is 4. The molecule has 0 atom stereocenters. The summed E-state index contributed by atoms with van der Waals surface area (Å²) in [6.45, 7) is 1.13. The van der Waals surface area contributed by atoms with E-state index in [1.807, 2.05) is 5.10 Å². The number of hydrogen-bond acceptors (Lipinski definition) is 9. The molecule has 0 saturated heterocycles. The van der Waals surface area contributed by atoms with Crippen LogP contribution in [0.4, 0.5) is 24.7 Å². The lowest BCUT2D eigenvalue weighted by Gasteiger charge is -2.15. The second kappa shape index (κ2) is 13.3. The Morgan fingerprint density at radius 2 is 1.93 bits per heavy atom. The summed E-state index contributed by atoms with van der Waals surface area (Å²) >= 11 is 6.42. The molecule has 0 spiro atoms. The van der Waals surface area contributed by atoms with Crippen LogP contribution in [-0.4, -0.2) is 62.5 Å². The Morgan fingerprint density at radius 3 is 2.67 bits per heavy atom. The van der Waals surface area contributed by atoms with Crippen LogP contribution in [0.1, 0.15) is 35.3 Å². The van der Waals surface area contributed by atoms with Crippen LogP contribution in [0.2, 0.25) is 5.02 Å². The quantitative estimate of drug-likeness (QED) is 0.113. The van der Waals surface area contributed by atoms with Crippen molar-refractivity contribution in [2.75, 3.05) is 25.0 Å². The first-order chi connectivity index (χ1) is 20.2. The smallest absolute Gasteiger partial charge is 0.425 e. The molecule has 42 heavy (non-hydrogen) atoms. The van der Waals surface area contributed by atoms with E-state index in [-0.39, 0.29) is 63.7 Å². The number of H-pyrrole nitrogens is 1. The zero-order valence-electron chi connectivity index (χ0n) is 21.8. The van der Waals surface area contributed by atoms with Crippen LogP contribution >= 0.6 is 11.6 Å². The van der Waals surface area contributed by atoms with Crippen LogP contribution in [0.15, 0.2) is 36.9 Å². The first kappa shape index (κ1) is 30.3. The number of nitrogens with one attached hydrogen (secondary N) is 4. The number of anilines is 2. The SMILES string of the molecule is NCCCC(=O)NCCCNC(=O)c1ccc(Nc2nccn3c(-c4cn[nH]c4C(F)(F)F)cnc23)c(OC=O)c1Cl. The van der Waals surface area contributed by atoms with Crippen LogP contribution < -0.4 is 26.4 Å². The number of aromatic amines is 1. The molecule has 17 heteroatoms. The van der Waals surface area contributed by atoms with Crippen LogP contribution in [0.5, 0.6) is 5.75 Å². The molecule has 0 bridgehead atoms. The number of rotatable bonds is 13. The lowest BCUT2D eigenvalue weighted by atomic mass is 10.1. The van der Waals surface area contributed by atoms with Crippen molar-refractivity contribution >= 4 is 47.0 Å². The summed E-state index contributed by atoms with van der Waals surface area (Å²) in [5, 5.41) is 13.6. The summed E-state index contributed by atoms with van der Waals surface area (Å²) in [7, 11) is 0. The van der Waals surface area contributed by atoms with Gasteiger partial charge < -0.3 is 26.4 Å². The van der Waals surface area contributed by atoms with Crippen molar-refractivity contribution in [3.05, 3.63) is 53.2 Å². The summed E-state index contributed by atoms with van der Waals surface area (Å²) in [5.74, 6) is -0.761. The Labute approximate surface area is 241 Å². The van der Waals surface area contributed by atoms with E-state index in [2.05, 4.69) is 31.0 Å². The number of imidazole rings is 1. The molecule has 0 fully saturated rings. The highest BCUT2D eigenvalue weighted by Crippen LogP contribution is 2.39. The molecule has 222 valence electrons. The minimum Gasteiger partial charge on any atom is -0.425 e. The third-order valence-corrected chi connectivity index (χ3v) is 6.33. The van der Waals surface area contributed by atoms with Gasteiger partial charge in [0.05, 0.1) is 39.9 Å². The molecule has 3 heterocycles. The molecule has 0 aliphatic carbocycles. The van der Waals surface area contributed by atoms with Gasteiger partial charge in [-0.1, -0.05) is 11.6 Å². The lowest BCUT2D eigenvalue weighted by molar-refractivity contribution is -0.140. The first-order valence-electron chi connectivity index (χ1n) is 12.5. The molecule has 4 aromatic rings. The predicted octanol–water partition coefficient (Wildman–Crippen LogP) is 3.05. The van der Waals surface area contributed by atoms with Crippen molar-refractivity contribution in [3.63, 3.8) is 0 Å². The monoisotopic (exact) mass is 607 g/mol. The number of alkyl halides is 3. The van der Waals surface area contributed by atoms with Crippen LogP contribution in [0.3, 0.4) is 0 Å². The number of ether oxygens (including phenoxy) is 1. The Morgan fingerprint density at radius 1 is 1.14 bits per heavy atom. The van der Waals surface area contributed by atoms with Gasteiger partial charge in [-0.25, -0.2) is 9.97 Å². The Kier molecular flexibility index (Phi) is 9.59. The van der Waals surface area contributed by atoms with Crippen molar-refractivity contribution in [1.29, 1.82) is 0 Å². The third kappa shape index (κ3) is 6.77. The van der Waals surface area contributed by atoms with Gasteiger partial charge in [0.25, 0.3) is 12.4 Å². The van der Waals surface area contributed by atoms with Gasteiger partial charge in [-0.15, -0.1) is 0 Å². The van der Waals surface area contributed by atoms with Gasteiger partial charge >= 0.3 is 6.18 Å². The number of benzene rings is 1. The van der Waals surface area contributed by atoms with E-state index in [1.54, 1.807) is 0 Å². The lowest BCUT2D eigenvalue weighted by Crippen LogP contribution is -2.30. The second-order valence-electron chi connectivity index (χ2n) is 8.76. The van der Waals surface area contributed by atoms with Crippen molar-refractivity contribution in [2.45, 2.75) is 25.4 Å². The number of fused-ring (bicyclic) bond motifs is 1. The van der Waals surface area contributed by atoms with Crippen molar-refractivity contribution < 1.29 is 32.3 Å². The highest BCUT2D eigenvalue weighted by Gasteiger charge is 2.36. The van der Waals surface area contributed by atoms with Gasteiger partial charge in [-0.2, -0.15) is 18.3 Å². The highest BCUT2D eigenvalue weighted by atomic mass is 35.5. The standard InChI is InChI=1S/C25H25ClF3N9O4/c26-19-14(24(41)33-8-2-7-31-18(40)3-1-6-30)4-5-16(20(19)42-13-39)36-22-23-34-12-17(38(23)10-9-32-22)15-11-35-37-21(15)25(27,28)29/h4-5,9-13H,1-3,6-8,30H2,(H,31,40)(H,32,36)(H,33,41)(H,35,37). The Balaban J connectivity index is 1.52. The molecule has 0 aliphatic rings. The molecule has 4 rings (SSSR count). The number of hydrogen-bond donors (Lipinski definition) is 5. The van der Waals surface area contributed by atoms with Gasteiger partial charge in [0.2, 0.25) is 5.91 Å². The summed E-state index contributed by atoms with van der Waals surface area (Å²) in [5.41, 5.74) is 4.51. The maximum Gasteiger partial charge on any atom is 0.433 e. The summed E-state index contributed by atoms with van der Waals surface area (Å²) in [6, 6.07) is 2.81. The Bertz CT molecular complexity index is 1590. The number of aromatic nitrogens is 5. The van der Waals surface area contributed by atoms with Crippen LogP contribution in [0, 0.1) is 0 Å². The van der Waals surface area contributed by atoms with Crippen LogP contribution in [-0.2, 0) is 15.8 Å². The molecule has 3 aromatic heterocycles. The normalized spacial score (nSPS) is 11.4. The van der Waals surface area contributed by atoms with Gasteiger partial charge in [-0.05, 0) is 31.5 Å². The van der Waals surface area contributed by atoms with E-state index in [9.17, 15) is 27.6 Å². The van der Waals surface area contributed by atoms with E-state index in [4.69, 9.17) is 22.1 Å². The number of carbonyl (C=O) groups is 3. The number of amides is 2. The highest BCUT2D eigenvalue weighted by molar-refractivity contribution is 6.36. The Hall–Kier alpha value is -4.70. The summed E-state index contributed by atoms with van der Waals surface area (Å²) in [4.78, 5) is 44.0. The molecule has 13 nitrogen and oxygen atoms in total. The van der Waals surface area contributed by atoms with Gasteiger partial charge in [0, 0.05) is 31.9 Å². The zero-order valence-corrected chi connectivity index (χ0v) is 22.6. The summed E-state index contributed by atoms with van der Waals surface area (Å²) < 4.78 is 46.7. The minimum atomic E-state index is -4.67. The average Bonchev–Trinajstić information content (AvgIpc) is 3.61. The molecule has 0 saturated carbocycles. The van der Waals surface area contributed by atoms with E-state index < -0.39 is 17.8 Å². The molecule has 0 radical (unpaired) electrons. The molecular formula is C25H25ClF3N9O4. The molecule has 0 unspecified atom stereocenters.